The Kier molecular flexibility index (Phi) is 3.38. The Morgan fingerprint density at radius 3 is 2.78 bits per heavy atom. The minimum atomic E-state index is -0.435. The van der Waals surface area contributed by atoms with Crippen molar-refractivity contribution >= 4 is 17.4 Å². The fraction of sp³-hybridized carbons (Fsp3) is 0.273. The molecule has 5 nitrogen and oxygen atoms in total. The van der Waals surface area contributed by atoms with Gasteiger partial charge >= 0.3 is 0 Å². The predicted molar refractivity (Wildman–Crippen MR) is 63.0 cm³/mol. The van der Waals surface area contributed by atoms with Crippen LogP contribution < -0.4 is 0 Å². The van der Waals surface area contributed by atoms with E-state index in [0.29, 0.717) is 11.4 Å². The zero-order valence-electron chi connectivity index (χ0n) is 9.81. The average Bonchev–Trinajstić information content (AvgIpc) is 2.69. The van der Waals surface area contributed by atoms with Gasteiger partial charge in [-0.25, -0.2) is 9.07 Å². The van der Waals surface area contributed by atoms with Gasteiger partial charge in [0.25, 0.3) is 0 Å². The lowest BCUT2D eigenvalue weighted by molar-refractivity contribution is 0.0966. The van der Waals surface area contributed by atoms with Crippen molar-refractivity contribution in [3.05, 3.63) is 39.9 Å². The number of hydrogen-bond acceptors (Lipinski definition) is 4. The van der Waals surface area contributed by atoms with E-state index < -0.39 is 5.82 Å². The molecule has 1 heterocycles. The molecule has 0 fully saturated rings. The third-order valence-electron chi connectivity index (χ3n) is 2.55. The summed E-state index contributed by atoms with van der Waals surface area (Å²) >= 11 is 5.85. The van der Waals surface area contributed by atoms with Crippen LogP contribution in [0.1, 0.15) is 21.7 Å². The summed E-state index contributed by atoms with van der Waals surface area (Å²) in [5, 5.41) is 10.9. The van der Waals surface area contributed by atoms with Crippen molar-refractivity contribution in [1.82, 2.24) is 20.2 Å². The summed E-state index contributed by atoms with van der Waals surface area (Å²) in [5.74, 6) is -0.174. The maximum atomic E-state index is 13.2. The molecule has 0 saturated carbocycles. The molecule has 0 radical (unpaired) electrons. The minimum absolute atomic E-state index is 0.0242. The number of Topliss-reactive ketones (excluding diaryl/α,β-unsaturated/α-hetero) is 1. The van der Waals surface area contributed by atoms with Gasteiger partial charge in [0.15, 0.2) is 5.78 Å². The van der Waals surface area contributed by atoms with Crippen molar-refractivity contribution in [2.45, 2.75) is 20.4 Å². The number of ketones is 1. The van der Waals surface area contributed by atoms with E-state index in [4.69, 9.17) is 11.6 Å². The van der Waals surface area contributed by atoms with Gasteiger partial charge in [-0.3, -0.25) is 4.79 Å². The number of nitrogens with zero attached hydrogens (tertiary/aromatic N) is 4. The Bertz CT molecular complexity index is 611. The summed E-state index contributed by atoms with van der Waals surface area (Å²) in [6.07, 6.45) is 0. The molecule has 94 valence electrons. The van der Waals surface area contributed by atoms with Crippen molar-refractivity contribution in [3.8, 4) is 0 Å². The zero-order valence-corrected chi connectivity index (χ0v) is 10.6. The molecule has 0 bridgehead atoms. The highest BCUT2D eigenvalue weighted by Crippen LogP contribution is 2.21. The Labute approximate surface area is 108 Å². The van der Waals surface area contributed by atoms with Crippen LogP contribution in [0, 0.1) is 19.7 Å². The Hall–Kier alpha value is -1.82. The number of aromatic nitrogens is 4. The quantitative estimate of drug-likeness (QED) is 0.799. The molecule has 0 spiro atoms. The van der Waals surface area contributed by atoms with Gasteiger partial charge in [-0.1, -0.05) is 11.6 Å². The highest BCUT2D eigenvalue weighted by molar-refractivity contribution is 6.34. The van der Waals surface area contributed by atoms with Gasteiger partial charge in [-0.15, -0.1) is 5.10 Å². The molecule has 2 rings (SSSR count). The standard InChI is InChI=1S/C11H10ClFN4O/c1-6-3-8(9(12)4-10(6)13)11(18)5-17-7(2)14-15-16-17/h3-4H,5H2,1-2H3. The van der Waals surface area contributed by atoms with Crippen molar-refractivity contribution in [2.24, 2.45) is 0 Å². The van der Waals surface area contributed by atoms with Gasteiger partial charge < -0.3 is 0 Å². The molecule has 0 unspecified atom stereocenters. The Morgan fingerprint density at radius 1 is 1.44 bits per heavy atom. The zero-order chi connectivity index (χ0) is 13.3. The summed E-state index contributed by atoms with van der Waals surface area (Å²) in [5.41, 5.74) is 0.640. The number of hydrogen-bond donors (Lipinski definition) is 0. The Morgan fingerprint density at radius 2 is 2.17 bits per heavy atom. The smallest absolute Gasteiger partial charge is 0.185 e. The van der Waals surface area contributed by atoms with Crippen molar-refractivity contribution in [1.29, 1.82) is 0 Å². The topological polar surface area (TPSA) is 60.7 Å². The van der Waals surface area contributed by atoms with Crippen LogP contribution >= 0.6 is 11.6 Å². The van der Waals surface area contributed by atoms with Crippen LogP contribution in [-0.4, -0.2) is 26.0 Å². The van der Waals surface area contributed by atoms with E-state index in [0.717, 1.165) is 6.07 Å². The molecule has 0 amide bonds. The summed E-state index contributed by atoms with van der Waals surface area (Å²) in [6.45, 7) is 3.24. The van der Waals surface area contributed by atoms with Crippen molar-refractivity contribution < 1.29 is 9.18 Å². The molecule has 1 aromatic heterocycles. The predicted octanol–water partition coefficient (Wildman–Crippen LogP) is 1.97. The first-order valence-electron chi connectivity index (χ1n) is 5.20. The first kappa shape index (κ1) is 12.6. The second kappa shape index (κ2) is 4.81. The van der Waals surface area contributed by atoms with Gasteiger partial charge in [0.1, 0.15) is 18.2 Å². The summed E-state index contributed by atoms with van der Waals surface area (Å²) in [6, 6.07) is 2.57. The van der Waals surface area contributed by atoms with E-state index in [-0.39, 0.29) is 22.9 Å². The minimum Gasteiger partial charge on any atom is -0.292 e. The third-order valence-corrected chi connectivity index (χ3v) is 2.87. The number of carbonyl (C=O) groups is 1. The largest absolute Gasteiger partial charge is 0.292 e. The molecular weight excluding hydrogens is 259 g/mol. The molecule has 0 saturated heterocycles. The van der Waals surface area contributed by atoms with Crippen molar-refractivity contribution in [3.63, 3.8) is 0 Å². The lowest BCUT2D eigenvalue weighted by atomic mass is 10.1. The van der Waals surface area contributed by atoms with E-state index in [1.807, 2.05) is 0 Å². The van der Waals surface area contributed by atoms with Gasteiger partial charge in [0, 0.05) is 5.56 Å². The molecule has 7 heteroatoms. The van der Waals surface area contributed by atoms with Gasteiger partial charge in [0.05, 0.1) is 5.02 Å². The molecular formula is C11H10ClFN4O. The first-order chi connectivity index (χ1) is 8.49. The maximum Gasteiger partial charge on any atom is 0.185 e. The number of carbonyl (C=O) groups excluding carboxylic acids is 1. The molecule has 0 N–H and O–H groups in total. The van der Waals surface area contributed by atoms with Crippen LogP contribution in [0.2, 0.25) is 5.02 Å². The third kappa shape index (κ3) is 2.38. The van der Waals surface area contributed by atoms with E-state index in [9.17, 15) is 9.18 Å². The fourth-order valence-electron chi connectivity index (χ4n) is 1.49. The van der Waals surface area contributed by atoms with Gasteiger partial charge in [-0.05, 0) is 42.0 Å². The van der Waals surface area contributed by atoms with Gasteiger partial charge in [0.2, 0.25) is 0 Å². The molecule has 0 atom stereocenters. The average molecular weight is 269 g/mol. The van der Waals surface area contributed by atoms with Crippen LogP contribution in [-0.2, 0) is 6.54 Å². The van der Waals surface area contributed by atoms with Gasteiger partial charge in [-0.2, -0.15) is 0 Å². The molecule has 0 aliphatic rings. The molecule has 2 aromatic rings. The van der Waals surface area contributed by atoms with Crippen LogP contribution in [0.5, 0.6) is 0 Å². The van der Waals surface area contributed by atoms with Crippen LogP contribution in [0.3, 0.4) is 0 Å². The molecule has 18 heavy (non-hydrogen) atoms. The lowest BCUT2D eigenvalue weighted by Gasteiger charge is -2.06. The molecule has 1 aromatic carbocycles. The lowest BCUT2D eigenvalue weighted by Crippen LogP contribution is -2.14. The van der Waals surface area contributed by atoms with E-state index >= 15 is 0 Å². The number of tetrazole rings is 1. The number of benzene rings is 1. The number of rotatable bonds is 3. The number of halogens is 2. The normalized spacial score (nSPS) is 10.7. The van der Waals surface area contributed by atoms with Crippen LogP contribution in [0.25, 0.3) is 0 Å². The van der Waals surface area contributed by atoms with Crippen LogP contribution in [0.4, 0.5) is 4.39 Å². The highest BCUT2D eigenvalue weighted by atomic mass is 35.5. The van der Waals surface area contributed by atoms with E-state index in [1.54, 1.807) is 13.8 Å². The maximum absolute atomic E-state index is 13.2. The Balaban J connectivity index is 2.30. The second-order valence-corrected chi connectivity index (χ2v) is 4.30. The molecule has 0 aliphatic heterocycles. The monoisotopic (exact) mass is 268 g/mol. The SMILES string of the molecule is Cc1cc(C(=O)Cn2nnnc2C)c(Cl)cc1F. The summed E-state index contributed by atoms with van der Waals surface area (Å²) < 4.78 is 14.6. The summed E-state index contributed by atoms with van der Waals surface area (Å²) in [4.78, 5) is 12.0. The first-order valence-corrected chi connectivity index (χ1v) is 5.58. The fourth-order valence-corrected chi connectivity index (χ4v) is 1.74. The molecule has 0 aliphatic carbocycles. The summed E-state index contributed by atoms with van der Waals surface area (Å²) in [7, 11) is 0. The highest BCUT2D eigenvalue weighted by Gasteiger charge is 2.15. The van der Waals surface area contributed by atoms with Crippen molar-refractivity contribution in [2.75, 3.05) is 0 Å². The van der Waals surface area contributed by atoms with Crippen LogP contribution in [0.15, 0.2) is 12.1 Å². The second-order valence-electron chi connectivity index (χ2n) is 3.89. The number of aryl methyl sites for hydroxylation is 2. The van der Waals surface area contributed by atoms with E-state index in [1.165, 1.54) is 10.7 Å². The van der Waals surface area contributed by atoms with E-state index in [2.05, 4.69) is 15.5 Å².